The van der Waals surface area contributed by atoms with Gasteiger partial charge in [-0.3, -0.25) is 10.4 Å². The summed E-state index contributed by atoms with van der Waals surface area (Å²) in [6, 6.07) is 9.43. The van der Waals surface area contributed by atoms with Gasteiger partial charge in [0.25, 0.3) is 0 Å². The van der Waals surface area contributed by atoms with Crippen molar-refractivity contribution in [3.63, 3.8) is 0 Å². The third kappa shape index (κ3) is 3.65. The van der Waals surface area contributed by atoms with Crippen molar-refractivity contribution in [1.29, 1.82) is 0 Å². The van der Waals surface area contributed by atoms with Gasteiger partial charge in [0.1, 0.15) is 6.61 Å². The zero-order valence-corrected chi connectivity index (χ0v) is 10.3. The molecule has 0 aliphatic rings. The van der Waals surface area contributed by atoms with Gasteiger partial charge in [0.05, 0.1) is 0 Å². The molecule has 1 amide bonds. The summed E-state index contributed by atoms with van der Waals surface area (Å²) >= 11 is 6.01. The van der Waals surface area contributed by atoms with E-state index in [9.17, 15) is 4.79 Å². The van der Waals surface area contributed by atoms with Crippen LogP contribution in [0.5, 0.6) is 0 Å². The molecular weight excluding hydrogens is 258 g/mol. The molecule has 0 radical (unpaired) electrons. The number of nitrogens with zero attached hydrogens (tertiary/aromatic N) is 1. The van der Waals surface area contributed by atoms with Crippen molar-refractivity contribution in [2.24, 2.45) is 0 Å². The van der Waals surface area contributed by atoms with E-state index in [0.717, 1.165) is 5.56 Å². The maximum atomic E-state index is 11.4. The Morgan fingerprint density at radius 3 is 2.88 bits per heavy atom. The number of nitrogens with one attached hydrogen (secondary N) is 2. The van der Waals surface area contributed by atoms with Crippen LogP contribution in [-0.4, -0.2) is 16.3 Å². The summed E-state index contributed by atoms with van der Waals surface area (Å²) in [5.74, 6) is 0. The number of anilines is 1. The minimum Gasteiger partial charge on any atom is -0.444 e. The van der Waals surface area contributed by atoms with Crippen LogP contribution in [0.1, 0.15) is 5.56 Å². The fraction of sp³-hybridized carbons (Fsp3) is 0.100. The molecule has 0 atom stereocenters. The summed E-state index contributed by atoms with van der Waals surface area (Å²) in [4.78, 5) is 11.4. The number of ether oxygens (including phenoxy) is 1. The van der Waals surface area contributed by atoms with Crippen LogP contribution in [0.4, 0.5) is 9.93 Å². The van der Waals surface area contributed by atoms with Gasteiger partial charge in [-0.25, -0.2) is 4.79 Å². The number of rotatable bonds is 3. The predicted octanol–water partition coefficient (Wildman–Crippen LogP) is 2.95. The van der Waals surface area contributed by atoms with Crippen LogP contribution in [0.25, 0.3) is 0 Å². The lowest BCUT2D eigenvalue weighted by Gasteiger charge is -2.04. The summed E-state index contributed by atoms with van der Waals surface area (Å²) in [5, 5.41) is 9.23. The first-order valence-electron chi connectivity index (χ1n) is 4.77. The van der Waals surface area contributed by atoms with Crippen LogP contribution in [0, 0.1) is 3.95 Å². The van der Waals surface area contributed by atoms with Crippen LogP contribution in [0.2, 0.25) is 0 Å². The molecule has 17 heavy (non-hydrogen) atoms. The second kappa shape index (κ2) is 5.55. The molecule has 88 valence electrons. The number of amides is 1. The Hall–Kier alpha value is -1.73. The lowest BCUT2D eigenvalue weighted by atomic mass is 10.2. The topological polar surface area (TPSA) is 67.0 Å². The van der Waals surface area contributed by atoms with E-state index < -0.39 is 6.09 Å². The molecule has 1 aromatic carbocycles. The Morgan fingerprint density at radius 2 is 2.24 bits per heavy atom. The lowest BCUT2D eigenvalue weighted by molar-refractivity contribution is 0.155. The summed E-state index contributed by atoms with van der Waals surface area (Å²) < 4.78 is 5.51. The van der Waals surface area contributed by atoms with Gasteiger partial charge in [0.2, 0.25) is 5.13 Å². The summed E-state index contributed by atoms with van der Waals surface area (Å²) in [5.41, 5.74) is 0.928. The minimum atomic E-state index is -0.549. The van der Waals surface area contributed by atoms with Crippen LogP contribution in [-0.2, 0) is 11.3 Å². The standard InChI is InChI=1S/C10H9N3O2S2/c14-9(11-8-12-13-10(16)17-8)15-6-7-4-2-1-3-5-7/h1-5H,6H2,(H,13,16)(H,11,12,14). The third-order valence-electron chi connectivity index (χ3n) is 1.86. The van der Waals surface area contributed by atoms with E-state index in [2.05, 4.69) is 15.5 Å². The van der Waals surface area contributed by atoms with Gasteiger partial charge in [-0.05, 0) is 17.8 Å². The number of aromatic amines is 1. The molecule has 0 saturated carbocycles. The Labute approximate surface area is 106 Å². The van der Waals surface area contributed by atoms with Crippen molar-refractivity contribution < 1.29 is 9.53 Å². The Balaban J connectivity index is 1.84. The number of H-pyrrole nitrogens is 1. The predicted molar refractivity (Wildman–Crippen MR) is 67.5 cm³/mol. The van der Waals surface area contributed by atoms with Gasteiger partial charge in [0.15, 0.2) is 3.95 Å². The Bertz CT molecular complexity index is 550. The number of carbonyl (C=O) groups is 1. The molecule has 2 aromatic rings. The van der Waals surface area contributed by atoms with Crippen molar-refractivity contribution in [2.75, 3.05) is 5.32 Å². The van der Waals surface area contributed by atoms with E-state index in [1.165, 1.54) is 11.3 Å². The van der Waals surface area contributed by atoms with Gasteiger partial charge in [0, 0.05) is 0 Å². The highest BCUT2D eigenvalue weighted by Crippen LogP contribution is 2.11. The summed E-state index contributed by atoms with van der Waals surface area (Å²) in [7, 11) is 0. The first kappa shape index (κ1) is 11.7. The normalized spacial score (nSPS) is 9.88. The van der Waals surface area contributed by atoms with Crippen molar-refractivity contribution in [2.45, 2.75) is 6.61 Å². The number of benzene rings is 1. The maximum absolute atomic E-state index is 11.4. The average molecular weight is 267 g/mol. The highest BCUT2D eigenvalue weighted by atomic mass is 32.1. The highest BCUT2D eigenvalue weighted by molar-refractivity contribution is 7.73. The molecule has 7 heteroatoms. The molecule has 2 rings (SSSR count). The molecule has 0 aliphatic carbocycles. The highest BCUT2D eigenvalue weighted by Gasteiger charge is 2.05. The molecule has 0 bridgehead atoms. The van der Waals surface area contributed by atoms with Crippen molar-refractivity contribution in [1.82, 2.24) is 10.2 Å². The van der Waals surface area contributed by atoms with Crippen LogP contribution in [0.3, 0.4) is 0 Å². The zero-order valence-electron chi connectivity index (χ0n) is 8.67. The van der Waals surface area contributed by atoms with E-state index in [-0.39, 0.29) is 6.61 Å². The quantitative estimate of drug-likeness (QED) is 0.839. The number of hydrogen-bond acceptors (Lipinski definition) is 5. The summed E-state index contributed by atoms with van der Waals surface area (Å²) in [6.45, 7) is 0.225. The van der Waals surface area contributed by atoms with E-state index in [1.807, 2.05) is 30.3 Å². The van der Waals surface area contributed by atoms with E-state index in [0.29, 0.717) is 9.09 Å². The maximum Gasteiger partial charge on any atom is 0.413 e. The summed E-state index contributed by atoms with van der Waals surface area (Å²) in [6.07, 6.45) is -0.549. The zero-order chi connectivity index (χ0) is 12.1. The monoisotopic (exact) mass is 267 g/mol. The van der Waals surface area contributed by atoms with Crippen molar-refractivity contribution >= 4 is 34.8 Å². The first-order valence-corrected chi connectivity index (χ1v) is 6.00. The number of hydrogen-bond donors (Lipinski definition) is 2. The van der Waals surface area contributed by atoms with Crippen LogP contribution >= 0.6 is 23.6 Å². The third-order valence-corrected chi connectivity index (χ3v) is 2.86. The second-order valence-corrected chi connectivity index (χ2v) is 4.77. The number of aromatic nitrogens is 2. The SMILES string of the molecule is O=C(Nc1n[nH]c(=S)s1)OCc1ccccc1. The van der Waals surface area contributed by atoms with Gasteiger partial charge >= 0.3 is 6.09 Å². The van der Waals surface area contributed by atoms with E-state index in [4.69, 9.17) is 17.0 Å². The first-order chi connectivity index (χ1) is 8.24. The Morgan fingerprint density at radius 1 is 1.47 bits per heavy atom. The molecule has 0 spiro atoms. The minimum absolute atomic E-state index is 0.225. The van der Waals surface area contributed by atoms with Gasteiger partial charge in [-0.15, -0.1) is 5.10 Å². The molecule has 0 saturated heterocycles. The fourth-order valence-corrected chi connectivity index (χ4v) is 1.90. The van der Waals surface area contributed by atoms with Gasteiger partial charge < -0.3 is 4.74 Å². The van der Waals surface area contributed by atoms with E-state index in [1.54, 1.807) is 0 Å². The molecule has 1 heterocycles. The van der Waals surface area contributed by atoms with Crippen LogP contribution in [0.15, 0.2) is 30.3 Å². The molecule has 0 unspecified atom stereocenters. The Kier molecular flexibility index (Phi) is 3.84. The largest absolute Gasteiger partial charge is 0.444 e. The van der Waals surface area contributed by atoms with Gasteiger partial charge in [-0.1, -0.05) is 41.7 Å². The number of carbonyl (C=O) groups excluding carboxylic acids is 1. The molecule has 5 nitrogen and oxygen atoms in total. The van der Waals surface area contributed by atoms with Crippen LogP contribution < -0.4 is 5.32 Å². The molecule has 0 aliphatic heterocycles. The van der Waals surface area contributed by atoms with Gasteiger partial charge in [-0.2, -0.15) is 0 Å². The molecule has 0 fully saturated rings. The van der Waals surface area contributed by atoms with Crippen molar-refractivity contribution in [3.05, 3.63) is 39.8 Å². The average Bonchev–Trinajstić information content (AvgIpc) is 2.73. The molecule has 2 N–H and O–H groups in total. The molecular formula is C10H9N3O2S2. The lowest BCUT2D eigenvalue weighted by Crippen LogP contribution is -2.13. The van der Waals surface area contributed by atoms with Crippen molar-refractivity contribution in [3.8, 4) is 0 Å². The fourth-order valence-electron chi connectivity index (χ4n) is 1.13. The molecule has 1 aromatic heterocycles. The smallest absolute Gasteiger partial charge is 0.413 e. The second-order valence-electron chi connectivity index (χ2n) is 3.11. The van der Waals surface area contributed by atoms with E-state index >= 15 is 0 Å².